The molecule has 0 amide bonds. The van der Waals surface area contributed by atoms with Gasteiger partial charge >= 0.3 is 0 Å². The summed E-state index contributed by atoms with van der Waals surface area (Å²) in [5.41, 5.74) is 0.899. The van der Waals surface area contributed by atoms with Gasteiger partial charge in [0.2, 0.25) is 0 Å². The van der Waals surface area contributed by atoms with Gasteiger partial charge in [0.1, 0.15) is 0 Å². The maximum Gasteiger partial charge on any atom is 0.178 e. The molecule has 4 nitrogen and oxygen atoms in total. The standard InChI is InChI=1S/C13H21NO3S/c1-3-18(16,17)13-8-6-12(7-9-13)14-10-4-5-11(2)15/h6-9,11,14-15H,3-5,10H2,1-2H3. The number of hydrogen-bond donors (Lipinski definition) is 2. The van der Waals surface area contributed by atoms with Crippen molar-refractivity contribution in [2.24, 2.45) is 0 Å². The highest BCUT2D eigenvalue weighted by Crippen LogP contribution is 2.15. The maximum absolute atomic E-state index is 11.6. The average molecular weight is 271 g/mol. The number of nitrogens with one attached hydrogen (secondary N) is 1. The first-order valence-electron chi connectivity index (χ1n) is 6.20. The van der Waals surface area contributed by atoms with Gasteiger partial charge in [-0.05, 0) is 44.0 Å². The van der Waals surface area contributed by atoms with Crippen molar-refractivity contribution in [2.75, 3.05) is 17.6 Å². The Kier molecular flexibility index (Phi) is 5.62. The van der Waals surface area contributed by atoms with Gasteiger partial charge in [0.05, 0.1) is 16.8 Å². The Hall–Kier alpha value is -1.07. The number of benzene rings is 1. The fourth-order valence-corrected chi connectivity index (χ4v) is 2.46. The van der Waals surface area contributed by atoms with E-state index in [1.165, 1.54) is 0 Å². The van der Waals surface area contributed by atoms with E-state index in [9.17, 15) is 8.42 Å². The van der Waals surface area contributed by atoms with Crippen LogP contribution in [0.5, 0.6) is 0 Å². The third kappa shape index (κ3) is 4.66. The highest BCUT2D eigenvalue weighted by molar-refractivity contribution is 7.91. The van der Waals surface area contributed by atoms with Crippen LogP contribution >= 0.6 is 0 Å². The summed E-state index contributed by atoms with van der Waals surface area (Å²) < 4.78 is 23.2. The Morgan fingerprint density at radius 1 is 1.28 bits per heavy atom. The quantitative estimate of drug-likeness (QED) is 0.745. The maximum atomic E-state index is 11.6. The second-order valence-electron chi connectivity index (χ2n) is 4.35. The van der Waals surface area contributed by atoms with Crippen LogP contribution in [0.2, 0.25) is 0 Å². The van der Waals surface area contributed by atoms with Crippen LogP contribution in [0, 0.1) is 0 Å². The molecule has 0 saturated heterocycles. The molecule has 102 valence electrons. The van der Waals surface area contributed by atoms with E-state index in [4.69, 9.17) is 5.11 Å². The topological polar surface area (TPSA) is 66.4 Å². The monoisotopic (exact) mass is 271 g/mol. The van der Waals surface area contributed by atoms with Gasteiger partial charge in [0.25, 0.3) is 0 Å². The minimum absolute atomic E-state index is 0.119. The van der Waals surface area contributed by atoms with Crippen LogP contribution in [0.1, 0.15) is 26.7 Å². The fraction of sp³-hybridized carbons (Fsp3) is 0.538. The Balaban J connectivity index is 2.51. The van der Waals surface area contributed by atoms with E-state index < -0.39 is 9.84 Å². The largest absolute Gasteiger partial charge is 0.393 e. The van der Waals surface area contributed by atoms with Gasteiger partial charge in [-0.1, -0.05) is 6.92 Å². The molecular weight excluding hydrogens is 250 g/mol. The van der Waals surface area contributed by atoms with Crippen LogP contribution in [-0.2, 0) is 9.84 Å². The molecule has 2 N–H and O–H groups in total. The molecule has 0 heterocycles. The molecule has 0 bridgehead atoms. The predicted molar refractivity (Wildman–Crippen MR) is 73.6 cm³/mol. The number of aliphatic hydroxyl groups is 1. The summed E-state index contributed by atoms with van der Waals surface area (Å²) in [7, 11) is -3.11. The number of sulfone groups is 1. The molecule has 0 aliphatic heterocycles. The van der Waals surface area contributed by atoms with Gasteiger partial charge in [-0.3, -0.25) is 0 Å². The predicted octanol–water partition coefficient (Wildman–Crippen LogP) is 2.05. The second kappa shape index (κ2) is 6.75. The van der Waals surface area contributed by atoms with E-state index >= 15 is 0 Å². The summed E-state index contributed by atoms with van der Waals surface area (Å²) in [5, 5.41) is 12.3. The van der Waals surface area contributed by atoms with E-state index in [2.05, 4.69) is 5.32 Å². The number of anilines is 1. The molecule has 18 heavy (non-hydrogen) atoms. The van der Waals surface area contributed by atoms with Gasteiger partial charge in [0.15, 0.2) is 9.84 Å². The van der Waals surface area contributed by atoms with Crippen molar-refractivity contribution in [3.63, 3.8) is 0 Å². The molecule has 1 aromatic carbocycles. The van der Waals surface area contributed by atoms with Crippen molar-refractivity contribution in [2.45, 2.75) is 37.7 Å². The summed E-state index contributed by atoms with van der Waals surface area (Å²) in [6.07, 6.45) is 1.37. The lowest BCUT2D eigenvalue weighted by Gasteiger charge is -2.08. The summed E-state index contributed by atoms with van der Waals surface area (Å²) in [5.74, 6) is 0.119. The van der Waals surface area contributed by atoms with E-state index in [1.807, 2.05) is 0 Å². The lowest BCUT2D eigenvalue weighted by molar-refractivity contribution is 0.183. The number of hydrogen-bond acceptors (Lipinski definition) is 4. The molecule has 1 unspecified atom stereocenters. The van der Waals surface area contributed by atoms with Crippen LogP contribution in [0.15, 0.2) is 29.2 Å². The second-order valence-corrected chi connectivity index (χ2v) is 6.62. The van der Waals surface area contributed by atoms with Crippen molar-refractivity contribution in [1.82, 2.24) is 0 Å². The number of rotatable bonds is 7. The molecule has 0 spiro atoms. The van der Waals surface area contributed by atoms with Gasteiger partial charge in [-0.2, -0.15) is 0 Å². The van der Waals surface area contributed by atoms with Crippen LogP contribution < -0.4 is 5.32 Å². The van der Waals surface area contributed by atoms with Gasteiger partial charge in [-0.15, -0.1) is 0 Å². The third-order valence-corrected chi connectivity index (χ3v) is 4.47. The van der Waals surface area contributed by atoms with Crippen molar-refractivity contribution < 1.29 is 13.5 Å². The van der Waals surface area contributed by atoms with E-state index in [-0.39, 0.29) is 11.9 Å². The Labute approximate surface area is 109 Å². The normalized spacial score (nSPS) is 13.3. The summed E-state index contributed by atoms with van der Waals surface area (Å²) in [4.78, 5) is 0.361. The van der Waals surface area contributed by atoms with E-state index in [1.54, 1.807) is 38.1 Å². The molecule has 1 atom stereocenters. The molecule has 0 aromatic heterocycles. The Morgan fingerprint density at radius 2 is 1.89 bits per heavy atom. The third-order valence-electron chi connectivity index (χ3n) is 2.72. The minimum atomic E-state index is -3.11. The molecule has 0 fully saturated rings. The first-order chi connectivity index (χ1) is 8.45. The molecular formula is C13H21NO3S. The van der Waals surface area contributed by atoms with Crippen molar-refractivity contribution in [1.29, 1.82) is 0 Å². The van der Waals surface area contributed by atoms with Crippen LogP contribution in [-0.4, -0.2) is 31.9 Å². The molecule has 1 aromatic rings. The number of aliphatic hydroxyl groups excluding tert-OH is 1. The van der Waals surface area contributed by atoms with Crippen LogP contribution in [0.3, 0.4) is 0 Å². The SMILES string of the molecule is CCS(=O)(=O)c1ccc(NCCCC(C)O)cc1. The summed E-state index contributed by atoms with van der Waals surface area (Å²) in [6, 6.07) is 6.78. The zero-order valence-corrected chi connectivity index (χ0v) is 11.7. The zero-order chi connectivity index (χ0) is 13.6. The van der Waals surface area contributed by atoms with Crippen LogP contribution in [0.25, 0.3) is 0 Å². The summed E-state index contributed by atoms with van der Waals surface area (Å²) >= 11 is 0. The minimum Gasteiger partial charge on any atom is -0.393 e. The highest BCUT2D eigenvalue weighted by Gasteiger charge is 2.10. The first kappa shape index (κ1) is 15.0. The molecule has 0 aliphatic carbocycles. The lowest BCUT2D eigenvalue weighted by atomic mass is 10.2. The molecule has 0 radical (unpaired) electrons. The molecule has 0 aliphatic rings. The fourth-order valence-electron chi connectivity index (χ4n) is 1.58. The first-order valence-corrected chi connectivity index (χ1v) is 7.85. The lowest BCUT2D eigenvalue weighted by Crippen LogP contribution is -2.07. The average Bonchev–Trinajstić information content (AvgIpc) is 2.35. The van der Waals surface area contributed by atoms with Crippen molar-refractivity contribution in [3.05, 3.63) is 24.3 Å². The molecule has 1 rings (SSSR count). The molecule has 0 saturated carbocycles. The van der Waals surface area contributed by atoms with Gasteiger partial charge < -0.3 is 10.4 Å². The van der Waals surface area contributed by atoms with Crippen molar-refractivity contribution in [3.8, 4) is 0 Å². The van der Waals surface area contributed by atoms with Gasteiger partial charge in [-0.25, -0.2) is 8.42 Å². The Morgan fingerprint density at radius 3 is 2.39 bits per heavy atom. The smallest absolute Gasteiger partial charge is 0.178 e. The highest BCUT2D eigenvalue weighted by atomic mass is 32.2. The summed E-state index contributed by atoms with van der Waals surface area (Å²) in [6.45, 7) is 4.17. The van der Waals surface area contributed by atoms with E-state index in [0.29, 0.717) is 4.90 Å². The van der Waals surface area contributed by atoms with Crippen molar-refractivity contribution >= 4 is 15.5 Å². The van der Waals surface area contributed by atoms with Crippen LogP contribution in [0.4, 0.5) is 5.69 Å². The van der Waals surface area contributed by atoms with E-state index in [0.717, 1.165) is 25.1 Å². The van der Waals surface area contributed by atoms with Gasteiger partial charge in [0, 0.05) is 12.2 Å². The zero-order valence-electron chi connectivity index (χ0n) is 10.9. The molecule has 5 heteroatoms. The Bertz CT molecular complexity index is 452.